The molecule has 0 radical (unpaired) electrons. The van der Waals surface area contributed by atoms with Crippen molar-refractivity contribution in [3.63, 3.8) is 0 Å². The lowest BCUT2D eigenvalue weighted by atomic mass is 10.1. The number of nitrogens with zero attached hydrogens (tertiary/aromatic N) is 1. The van der Waals surface area contributed by atoms with Crippen LogP contribution in [0.25, 0.3) is 0 Å². The van der Waals surface area contributed by atoms with E-state index in [4.69, 9.17) is 0 Å². The van der Waals surface area contributed by atoms with Gasteiger partial charge in [0.05, 0.1) is 4.90 Å². The lowest BCUT2D eigenvalue weighted by Gasteiger charge is -2.24. The van der Waals surface area contributed by atoms with Crippen molar-refractivity contribution in [2.75, 3.05) is 11.8 Å². The van der Waals surface area contributed by atoms with E-state index >= 15 is 0 Å². The third kappa shape index (κ3) is 4.07. The van der Waals surface area contributed by atoms with Gasteiger partial charge in [-0.25, -0.2) is 8.42 Å². The molecule has 1 N–H and O–H groups in total. The summed E-state index contributed by atoms with van der Waals surface area (Å²) in [7, 11) is -1.86. The SMILES string of the molecule is Cc1ccc(S(=O)(=O)Nc2cccc(C(=O)N(C)C3CCCC3)c2)cc1. The Kier molecular flexibility index (Phi) is 5.32. The Morgan fingerprint density at radius 3 is 2.38 bits per heavy atom. The molecule has 1 saturated carbocycles. The Hall–Kier alpha value is -2.34. The van der Waals surface area contributed by atoms with E-state index in [2.05, 4.69) is 4.72 Å². The lowest BCUT2D eigenvalue weighted by molar-refractivity contribution is 0.0735. The molecule has 0 saturated heterocycles. The van der Waals surface area contributed by atoms with E-state index in [9.17, 15) is 13.2 Å². The number of amides is 1. The van der Waals surface area contributed by atoms with Crippen LogP contribution in [0, 0.1) is 6.92 Å². The predicted octanol–water partition coefficient (Wildman–Crippen LogP) is 3.81. The zero-order chi connectivity index (χ0) is 18.7. The molecule has 0 unspecified atom stereocenters. The number of hydrogen-bond acceptors (Lipinski definition) is 3. The normalized spacial score (nSPS) is 15.0. The molecule has 1 fully saturated rings. The van der Waals surface area contributed by atoms with E-state index in [0.717, 1.165) is 31.2 Å². The van der Waals surface area contributed by atoms with Crippen LogP contribution in [0.1, 0.15) is 41.6 Å². The summed E-state index contributed by atoms with van der Waals surface area (Å²) in [5.74, 6) is -0.0757. The van der Waals surface area contributed by atoms with Crippen molar-refractivity contribution in [3.05, 3.63) is 59.7 Å². The van der Waals surface area contributed by atoms with Gasteiger partial charge in [-0.05, 0) is 50.1 Å². The first-order chi connectivity index (χ1) is 12.4. The molecule has 3 rings (SSSR count). The van der Waals surface area contributed by atoms with Crippen molar-refractivity contribution in [3.8, 4) is 0 Å². The highest BCUT2D eigenvalue weighted by molar-refractivity contribution is 7.92. The van der Waals surface area contributed by atoms with Gasteiger partial charge in [-0.15, -0.1) is 0 Å². The molecule has 0 spiro atoms. The number of carbonyl (C=O) groups is 1. The lowest BCUT2D eigenvalue weighted by Crippen LogP contribution is -2.35. The minimum absolute atomic E-state index is 0.0757. The number of hydrogen-bond donors (Lipinski definition) is 1. The summed E-state index contributed by atoms with van der Waals surface area (Å²) >= 11 is 0. The number of anilines is 1. The van der Waals surface area contributed by atoms with Gasteiger partial charge in [0, 0.05) is 24.3 Å². The van der Waals surface area contributed by atoms with E-state index in [0.29, 0.717) is 11.3 Å². The van der Waals surface area contributed by atoms with Gasteiger partial charge >= 0.3 is 0 Å². The van der Waals surface area contributed by atoms with Crippen molar-refractivity contribution in [1.29, 1.82) is 0 Å². The van der Waals surface area contributed by atoms with Crippen LogP contribution in [-0.4, -0.2) is 32.3 Å². The van der Waals surface area contributed by atoms with E-state index < -0.39 is 10.0 Å². The summed E-state index contributed by atoms with van der Waals surface area (Å²) in [6.07, 6.45) is 4.36. The van der Waals surface area contributed by atoms with Crippen molar-refractivity contribution in [2.45, 2.75) is 43.5 Å². The summed E-state index contributed by atoms with van der Waals surface area (Å²) in [5.41, 5.74) is 1.87. The zero-order valence-corrected chi connectivity index (χ0v) is 15.9. The molecule has 1 aliphatic carbocycles. The molecule has 2 aromatic rings. The minimum atomic E-state index is -3.68. The van der Waals surface area contributed by atoms with Gasteiger partial charge in [-0.2, -0.15) is 0 Å². The second-order valence-electron chi connectivity index (χ2n) is 6.85. The molecule has 0 aliphatic heterocycles. The number of rotatable bonds is 5. The molecule has 0 aromatic heterocycles. The fourth-order valence-electron chi connectivity index (χ4n) is 3.31. The van der Waals surface area contributed by atoms with Gasteiger partial charge in [-0.1, -0.05) is 36.6 Å². The van der Waals surface area contributed by atoms with Crippen molar-refractivity contribution >= 4 is 21.6 Å². The van der Waals surface area contributed by atoms with Gasteiger partial charge in [-0.3, -0.25) is 9.52 Å². The summed E-state index contributed by atoms with van der Waals surface area (Å²) < 4.78 is 27.6. The molecule has 1 aliphatic rings. The molecule has 0 heterocycles. The topological polar surface area (TPSA) is 66.5 Å². The Morgan fingerprint density at radius 2 is 1.73 bits per heavy atom. The van der Waals surface area contributed by atoms with Crippen molar-refractivity contribution < 1.29 is 13.2 Å². The number of aryl methyl sites for hydroxylation is 1. The molecule has 138 valence electrons. The Balaban J connectivity index is 1.78. The largest absolute Gasteiger partial charge is 0.339 e. The molecule has 1 amide bonds. The van der Waals surface area contributed by atoms with Crippen LogP contribution in [0.3, 0.4) is 0 Å². The van der Waals surface area contributed by atoms with Crippen molar-refractivity contribution in [1.82, 2.24) is 4.90 Å². The summed E-state index contributed by atoms with van der Waals surface area (Å²) in [6, 6.07) is 13.6. The van der Waals surface area contributed by atoms with Crippen LogP contribution in [0.4, 0.5) is 5.69 Å². The van der Waals surface area contributed by atoms with Gasteiger partial charge in [0.2, 0.25) is 0 Å². The third-order valence-electron chi connectivity index (χ3n) is 4.89. The van der Waals surface area contributed by atoms with Gasteiger partial charge in [0.25, 0.3) is 15.9 Å². The minimum Gasteiger partial charge on any atom is -0.339 e. The van der Waals surface area contributed by atoms with Crippen LogP contribution >= 0.6 is 0 Å². The van der Waals surface area contributed by atoms with Gasteiger partial charge in [0.1, 0.15) is 0 Å². The molecule has 26 heavy (non-hydrogen) atoms. The molecular weight excluding hydrogens is 348 g/mol. The number of carbonyl (C=O) groups excluding carboxylic acids is 1. The third-order valence-corrected chi connectivity index (χ3v) is 6.28. The van der Waals surface area contributed by atoms with Crippen LogP contribution in [0.2, 0.25) is 0 Å². The Bertz CT molecular complexity index is 886. The fraction of sp³-hybridized carbons (Fsp3) is 0.350. The molecule has 5 nitrogen and oxygen atoms in total. The number of sulfonamides is 1. The highest BCUT2D eigenvalue weighted by Crippen LogP contribution is 2.24. The van der Waals surface area contributed by atoms with Crippen LogP contribution in [-0.2, 0) is 10.0 Å². The predicted molar refractivity (Wildman–Crippen MR) is 103 cm³/mol. The van der Waals surface area contributed by atoms with E-state index in [-0.39, 0.29) is 16.8 Å². The Labute approximate surface area is 155 Å². The standard InChI is InChI=1S/C20H24N2O3S/c1-15-10-12-19(13-11-15)26(24,25)21-17-7-5-6-16(14-17)20(23)22(2)18-8-3-4-9-18/h5-7,10-14,18,21H,3-4,8-9H2,1-2H3. The molecule has 6 heteroatoms. The fourth-order valence-corrected chi connectivity index (χ4v) is 4.36. The number of nitrogens with one attached hydrogen (secondary N) is 1. The van der Waals surface area contributed by atoms with E-state index in [1.54, 1.807) is 53.4 Å². The molecule has 0 bridgehead atoms. The van der Waals surface area contributed by atoms with E-state index in [1.165, 1.54) is 0 Å². The smallest absolute Gasteiger partial charge is 0.261 e. The van der Waals surface area contributed by atoms with Crippen LogP contribution in [0.5, 0.6) is 0 Å². The monoisotopic (exact) mass is 372 g/mol. The summed E-state index contributed by atoms with van der Waals surface area (Å²) in [6.45, 7) is 1.90. The summed E-state index contributed by atoms with van der Waals surface area (Å²) in [5, 5.41) is 0. The second-order valence-corrected chi connectivity index (χ2v) is 8.54. The quantitative estimate of drug-likeness (QED) is 0.868. The number of benzene rings is 2. The summed E-state index contributed by atoms with van der Waals surface area (Å²) in [4.78, 5) is 14.7. The first kappa shape index (κ1) is 18.5. The molecule has 2 aromatic carbocycles. The van der Waals surface area contributed by atoms with E-state index in [1.807, 2.05) is 14.0 Å². The van der Waals surface area contributed by atoms with Crippen LogP contribution < -0.4 is 4.72 Å². The second kappa shape index (κ2) is 7.50. The van der Waals surface area contributed by atoms with Gasteiger partial charge in [0.15, 0.2) is 0 Å². The molecule has 0 atom stereocenters. The maximum absolute atomic E-state index is 12.7. The Morgan fingerprint density at radius 1 is 1.08 bits per heavy atom. The first-order valence-electron chi connectivity index (χ1n) is 8.83. The first-order valence-corrected chi connectivity index (χ1v) is 10.3. The average Bonchev–Trinajstić information content (AvgIpc) is 3.15. The van der Waals surface area contributed by atoms with Gasteiger partial charge < -0.3 is 4.90 Å². The maximum atomic E-state index is 12.7. The van der Waals surface area contributed by atoms with Crippen molar-refractivity contribution in [2.24, 2.45) is 0 Å². The highest BCUT2D eigenvalue weighted by atomic mass is 32.2. The maximum Gasteiger partial charge on any atom is 0.261 e. The molecular formula is C20H24N2O3S. The zero-order valence-electron chi connectivity index (χ0n) is 15.1. The van der Waals surface area contributed by atoms with Crippen LogP contribution in [0.15, 0.2) is 53.4 Å². The average molecular weight is 372 g/mol. The highest BCUT2D eigenvalue weighted by Gasteiger charge is 2.24.